The van der Waals surface area contributed by atoms with Gasteiger partial charge in [0, 0.05) is 24.8 Å². The largest absolute Gasteiger partial charge is 0.369 e. The Morgan fingerprint density at radius 1 is 1.22 bits per heavy atom. The van der Waals surface area contributed by atoms with E-state index in [1.807, 2.05) is 48.0 Å². The predicted molar refractivity (Wildman–Crippen MR) is 106 cm³/mol. The Kier molecular flexibility index (Phi) is 4.42. The molecular formula is C20H23N3O3S. The summed E-state index contributed by atoms with van der Waals surface area (Å²) >= 11 is 0. The van der Waals surface area contributed by atoms with Crippen LogP contribution in [0.4, 0.5) is 11.4 Å². The van der Waals surface area contributed by atoms with E-state index in [4.69, 9.17) is 0 Å². The zero-order valence-corrected chi connectivity index (χ0v) is 16.3. The van der Waals surface area contributed by atoms with Crippen molar-refractivity contribution >= 4 is 27.1 Å². The third kappa shape index (κ3) is 3.32. The molecule has 2 unspecified atom stereocenters. The van der Waals surface area contributed by atoms with Crippen LogP contribution in [0, 0.1) is 0 Å². The van der Waals surface area contributed by atoms with Crippen molar-refractivity contribution in [1.82, 2.24) is 4.98 Å². The maximum atomic E-state index is 13.0. The lowest BCUT2D eigenvalue weighted by molar-refractivity contribution is 0.0976. The molecule has 3 heterocycles. The lowest BCUT2D eigenvalue weighted by Crippen LogP contribution is -2.36. The summed E-state index contributed by atoms with van der Waals surface area (Å²) in [7, 11) is -1.06. The summed E-state index contributed by atoms with van der Waals surface area (Å²) < 4.78 is 23.4. The summed E-state index contributed by atoms with van der Waals surface area (Å²) in [5.41, 5.74) is 3.35. The van der Waals surface area contributed by atoms with Crippen molar-refractivity contribution in [3.05, 3.63) is 53.9 Å². The van der Waals surface area contributed by atoms with Gasteiger partial charge in [-0.15, -0.1) is 0 Å². The van der Waals surface area contributed by atoms with E-state index >= 15 is 0 Å². The molecule has 0 aliphatic carbocycles. The molecule has 2 aromatic rings. The van der Waals surface area contributed by atoms with E-state index in [1.54, 1.807) is 12.3 Å². The van der Waals surface area contributed by atoms with E-state index < -0.39 is 9.84 Å². The fourth-order valence-electron chi connectivity index (χ4n) is 4.01. The molecule has 2 aliphatic rings. The number of carbonyl (C=O) groups excluding carboxylic acids is 1. The van der Waals surface area contributed by atoms with Crippen molar-refractivity contribution in [2.24, 2.45) is 0 Å². The van der Waals surface area contributed by atoms with Gasteiger partial charge >= 0.3 is 0 Å². The van der Waals surface area contributed by atoms with Crippen molar-refractivity contribution < 1.29 is 13.2 Å². The van der Waals surface area contributed by atoms with Crippen molar-refractivity contribution in [3.63, 3.8) is 0 Å². The predicted octanol–water partition coefficient (Wildman–Crippen LogP) is 2.30. The Morgan fingerprint density at radius 3 is 2.67 bits per heavy atom. The molecular weight excluding hydrogens is 362 g/mol. The second-order valence-corrected chi connectivity index (χ2v) is 9.66. The van der Waals surface area contributed by atoms with E-state index in [0.717, 1.165) is 17.8 Å². The molecule has 1 aromatic heterocycles. The topological polar surface area (TPSA) is 70.6 Å². The summed E-state index contributed by atoms with van der Waals surface area (Å²) in [5.74, 6) is 0.301. The first kappa shape index (κ1) is 18.0. The monoisotopic (exact) mass is 385 g/mol. The van der Waals surface area contributed by atoms with Gasteiger partial charge in [0.1, 0.15) is 5.69 Å². The van der Waals surface area contributed by atoms with Gasteiger partial charge in [-0.25, -0.2) is 13.4 Å². The van der Waals surface area contributed by atoms with Crippen molar-refractivity contribution in [1.29, 1.82) is 0 Å². The Labute approximate surface area is 159 Å². The molecule has 0 saturated carbocycles. The second kappa shape index (κ2) is 6.64. The van der Waals surface area contributed by atoms with Crippen LogP contribution in [0.15, 0.2) is 42.6 Å². The van der Waals surface area contributed by atoms with E-state index in [2.05, 4.69) is 11.1 Å². The Morgan fingerprint density at radius 2 is 2.00 bits per heavy atom. The van der Waals surface area contributed by atoms with Gasteiger partial charge in [0.05, 0.1) is 23.4 Å². The van der Waals surface area contributed by atoms with Crippen LogP contribution in [0.5, 0.6) is 0 Å². The number of hydrogen-bond acceptors (Lipinski definition) is 5. The molecule has 2 atom stereocenters. The molecule has 0 bridgehead atoms. The van der Waals surface area contributed by atoms with Crippen LogP contribution in [-0.2, 0) is 16.3 Å². The zero-order chi connectivity index (χ0) is 19.2. The maximum Gasteiger partial charge on any atom is 0.277 e. The molecule has 7 heteroatoms. The van der Waals surface area contributed by atoms with Crippen LogP contribution in [0.3, 0.4) is 0 Å². The highest BCUT2D eigenvalue weighted by Crippen LogP contribution is 2.33. The smallest absolute Gasteiger partial charge is 0.277 e. The van der Waals surface area contributed by atoms with Gasteiger partial charge in [-0.1, -0.05) is 18.2 Å². The highest BCUT2D eigenvalue weighted by atomic mass is 32.2. The normalized spacial score (nSPS) is 23.3. The van der Waals surface area contributed by atoms with Crippen LogP contribution in [0.25, 0.3) is 0 Å². The number of carbonyl (C=O) groups is 1. The minimum absolute atomic E-state index is 0.0381. The number of para-hydroxylation sites is 1. The number of rotatable bonds is 3. The first-order valence-corrected chi connectivity index (χ1v) is 11.0. The highest BCUT2D eigenvalue weighted by Gasteiger charge is 2.33. The number of aromatic nitrogens is 1. The number of amides is 1. The van der Waals surface area contributed by atoms with Crippen LogP contribution in [-0.4, -0.2) is 49.9 Å². The minimum Gasteiger partial charge on any atom is -0.369 e. The molecule has 0 spiro atoms. The maximum absolute atomic E-state index is 13.0. The van der Waals surface area contributed by atoms with E-state index in [-0.39, 0.29) is 29.5 Å². The van der Waals surface area contributed by atoms with E-state index in [9.17, 15) is 13.2 Å². The summed E-state index contributed by atoms with van der Waals surface area (Å²) in [4.78, 5) is 21.1. The van der Waals surface area contributed by atoms with Crippen LogP contribution in [0.2, 0.25) is 0 Å². The number of pyridine rings is 1. The van der Waals surface area contributed by atoms with E-state index in [0.29, 0.717) is 12.1 Å². The van der Waals surface area contributed by atoms with Gasteiger partial charge in [0.2, 0.25) is 0 Å². The molecule has 0 N–H and O–H groups in total. The van der Waals surface area contributed by atoms with Gasteiger partial charge in [0.25, 0.3) is 5.91 Å². The number of sulfone groups is 1. The van der Waals surface area contributed by atoms with Crippen molar-refractivity contribution in [2.45, 2.75) is 31.8 Å². The fourth-order valence-corrected chi connectivity index (χ4v) is 5.79. The van der Waals surface area contributed by atoms with Gasteiger partial charge < -0.3 is 9.80 Å². The molecule has 27 heavy (non-hydrogen) atoms. The van der Waals surface area contributed by atoms with Crippen molar-refractivity contribution in [2.75, 3.05) is 28.4 Å². The van der Waals surface area contributed by atoms with Gasteiger partial charge in [-0.3, -0.25) is 4.79 Å². The summed E-state index contributed by atoms with van der Waals surface area (Å²) in [5, 5.41) is 0. The average Bonchev–Trinajstić information content (AvgIpc) is 3.19. The third-order valence-electron chi connectivity index (χ3n) is 5.56. The second-order valence-electron chi connectivity index (χ2n) is 7.43. The standard InChI is InChI=1S/C20H23N3O3S/c1-14-11-15-5-3-4-6-19(15)23(14)20(24)18-8-7-16(12-21-18)22(2)17-9-10-27(25,26)13-17/h3-8,12,14,17H,9-11,13H2,1-2H3. The SMILES string of the molecule is CC1Cc2ccccc2N1C(=O)c1ccc(N(C)C2CCS(=O)(=O)C2)cn1. The Bertz CT molecular complexity index is 972. The van der Waals surface area contributed by atoms with Crippen LogP contribution < -0.4 is 9.80 Å². The minimum atomic E-state index is -2.94. The molecule has 1 fully saturated rings. The lowest BCUT2D eigenvalue weighted by Gasteiger charge is -2.26. The number of fused-ring (bicyclic) bond motifs is 1. The zero-order valence-electron chi connectivity index (χ0n) is 15.5. The Hall–Kier alpha value is -2.41. The first-order valence-electron chi connectivity index (χ1n) is 9.16. The molecule has 142 valence electrons. The van der Waals surface area contributed by atoms with Crippen molar-refractivity contribution in [3.8, 4) is 0 Å². The molecule has 1 aromatic carbocycles. The summed E-state index contributed by atoms with van der Waals surface area (Å²) in [6, 6.07) is 11.6. The molecule has 1 amide bonds. The highest BCUT2D eigenvalue weighted by molar-refractivity contribution is 7.91. The third-order valence-corrected chi connectivity index (χ3v) is 7.31. The van der Waals surface area contributed by atoms with Crippen LogP contribution in [0.1, 0.15) is 29.4 Å². The number of benzene rings is 1. The lowest BCUT2D eigenvalue weighted by atomic mass is 10.1. The van der Waals surface area contributed by atoms with Gasteiger partial charge in [-0.05, 0) is 43.5 Å². The number of nitrogens with zero attached hydrogens (tertiary/aromatic N) is 3. The molecule has 0 radical (unpaired) electrons. The first-order chi connectivity index (χ1) is 12.9. The Balaban J connectivity index is 1.53. The average molecular weight is 385 g/mol. The molecule has 2 aliphatic heterocycles. The van der Waals surface area contributed by atoms with Crippen LogP contribution >= 0.6 is 0 Å². The fraction of sp³-hybridized carbons (Fsp3) is 0.400. The summed E-state index contributed by atoms with van der Waals surface area (Å²) in [6.45, 7) is 2.04. The quantitative estimate of drug-likeness (QED) is 0.811. The van der Waals surface area contributed by atoms with E-state index in [1.165, 1.54) is 5.56 Å². The van der Waals surface area contributed by atoms with Gasteiger partial charge in [0.15, 0.2) is 9.84 Å². The molecule has 1 saturated heterocycles. The number of hydrogen-bond donors (Lipinski definition) is 0. The number of anilines is 2. The molecule has 6 nitrogen and oxygen atoms in total. The molecule has 4 rings (SSSR count). The van der Waals surface area contributed by atoms with Gasteiger partial charge in [-0.2, -0.15) is 0 Å². The summed E-state index contributed by atoms with van der Waals surface area (Å²) in [6.07, 6.45) is 3.13.